The smallest absolute Gasteiger partial charge is 0.148 e. The summed E-state index contributed by atoms with van der Waals surface area (Å²) in [6, 6.07) is 0. The molecule has 0 spiro atoms. The van der Waals surface area contributed by atoms with Crippen molar-refractivity contribution < 1.29 is 4.74 Å². The summed E-state index contributed by atoms with van der Waals surface area (Å²) >= 11 is 0. The van der Waals surface area contributed by atoms with Crippen LogP contribution in [0.2, 0.25) is 0 Å². The summed E-state index contributed by atoms with van der Waals surface area (Å²) in [5.41, 5.74) is 3.65. The summed E-state index contributed by atoms with van der Waals surface area (Å²) in [5.74, 6) is 7.68. The third-order valence-corrected chi connectivity index (χ3v) is 2.96. The summed E-state index contributed by atoms with van der Waals surface area (Å²) in [7, 11) is 0. The second kappa shape index (κ2) is 9.50. The lowest BCUT2D eigenvalue weighted by Gasteiger charge is -2.13. The molecule has 20 heavy (non-hydrogen) atoms. The first kappa shape index (κ1) is 16.7. The van der Waals surface area contributed by atoms with Crippen molar-refractivity contribution in [3.8, 4) is 0 Å². The molecule has 0 aromatic carbocycles. The lowest BCUT2D eigenvalue weighted by molar-refractivity contribution is 0.132. The van der Waals surface area contributed by atoms with Gasteiger partial charge < -0.3 is 15.5 Å². The van der Waals surface area contributed by atoms with Crippen LogP contribution in [0, 0.1) is 5.92 Å². The molecule has 6 heteroatoms. The Labute approximate surface area is 121 Å². The van der Waals surface area contributed by atoms with Crippen molar-refractivity contribution in [2.24, 2.45) is 11.8 Å². The average molecular weight is 281 g/mol. The molecule has 1 aromatic rings. The van der Waals surface area contributed by atoms with Gasteiger partial charge in [-0.1, -0.05) is 27.2 Å². The van der Waals surface area contributed by atoms with Gasteiger partial charge in [-0.25, -0.2) is 15.8 Å². The minimum absolute atomic E-state index is 0.674. The Hall–Kier alpha value is -1.40. The number of nitrogen functional groups attached to an aromatic ring is 1. The number of nitrogens with one attached hydrogen (secondary N) is 2. The number of hydrazine groups is 1. The molecule has 0 amide bonds. The highest BCUT2D eigenvalue weighted by atomic mass is 16.5. The van der Waals surface area contributed by atoms with Crippen LogP contribution in [-0.2, 0) is 11.2 Å². The largest absolute Gasteiger partial charge is 0.380 e. The summed E-state index contributed by atoms with van der Waals surface area (Å²) in [6.45, 7) is 8.72. The zero-order chi connectivity index (χ0) is 14.8. The highest BCUT2D eigenvalue weighted by Gasteiger charge is 2.09. The first-order valence-corrected chi connectivity index (χ1v) is 7.31. The van der Waals surface area contributed by atoms with Crippen LogP contribution < -0.4 is 16.6 Å². The molecule has 0 saturated heterocycles. The van der Waals surface area contributed by atoms with Crippen LogP contribution >= 0.6 is 0 Å². The van der Waals surface area contributed by atoms with Gasteiger partial charge in [-0.15, -0.1) is 0 Å². The number of anilines is 2. The molecule has 0 aliphatic rings. The number of nitrogens with two attached hydrogens (primary N) is 1. The number of aromatic nitrogens is 2. The molecule has 0 saturated carbocycles. The average Bonchev–Trinajstić information content (AvgIpc) is 2.44. The molecule has 114 valence electrons. The third kappa shape index (κ3) is 5.71. The quantitative estimate of drug-likeness (QED) is 0.346. The maximum absolute atomic E-state index is 5.58. The van der Waals surface area contributed by atoms with Crippen molar-refractivity contribution in [2.75, 3.05) is 30.5 Å². The predicted octanol–water partition coefficient (Wildman–Crippen LogP) is 2.19. The molecule has 0 atom stereocenters. The van der Waals surface area contributed by atoms with Crippen molar-refractivity contribution >= 4 is 11.6 Å². The minimum atomic E-state index is 0.674. The van der Waals surface area contributed by atoms with Gasteiger partial charge in [0.1, 0.15) is 18.0 Å². The fourth-order valence-corrected chi connectivity index (χ4v) is 1.84. The number of nitrogens with zero attached hydrogens (tertiary/aromatic N) is 2. The standard InChI is InChI=1S/C14H27N5O/c1-4-5-12-13(17-10-18-14(12)19-15)16-7-9-20-8-6-11(2)3/h10-11H,4-9,15H2,1-3H3,(H2,16,17,18,19). The van der Waals surface area contributed by atoms with Crippen molar-refractivity contribution in [1.29, 1.82) is 0 Å². The second-order valence-electron chi connectivity index (χ2n) is 5.17. The molecular formula is C14H27N5O. The lowest BCUT2D eigenvalue weighted by Crippen LogP contribution is -2.16. The number of hydrogen-bond acceptors (Lipinski definition) is 6. The third-order valence-electron chi connectivity index (χ3n) is 2.96. The van der Waals surface area contributed by atoms with Crippen LogP contribution in [0.3, 0.4) is 0 Å². The lowest BCUT2D eigenvalue weighted by atomic mass is 10.1. The first-order chi connectivity index (χ1) is 9.69. The van der Waals surface area contributed by atoms with Gasteiger partial charge in [-0.05, 0) is 18.8 Å². The Morgan fingerprint density at radius 2 is 2.00 bits per heavy atom. The Morgan fingerprint density at radius 1 is 1.25 bits per heavy atom. The molecule has 6 nitrogen and oxygen atoms in total. The van der Waals surface area contributed by atoms with E-state index in [0.29, 0.717) is 18.3 Å². The number of rotatable bonds is 10. The van der Waals surface area contributed by atoms with E-state index in [2.05, 4.69) is 41.5 Å². The highest BCUT2D eigenvalue weighted by molar-refractivity contribution is 5.56. The van der Waals surface area contributed by atoms with Crippen molar-refractivity contribution in [2.45, 2.75) is 40.0 Å². The molecule has 4 N–H and O–H groups in total. The van der Waals surface area contributed by atoms with E-state index < -0.39 is 0 Å². The summed E-state index contributed by atoms with van der Waals surface area (Å²) in [5, 5.41) is 3.29. The zero-order valence-corrected chi connectivity index (χ0v) is 12.8. The monoisotopic (exact) mass is 281 g/mol. The molecule has 1 rings (SSSR count). The minimum Gasteiger partial charge on any atom is -0.380 e. The molecule has 0 bridgehead atoms. The van der Waals surface area contributed by atoms with Crippen LogP contribution in [0.5, 0.6) is 0 Å². The fourth-order valence-electron chi connectivity index (χ4n) is 1.84. The molecule has 0 aliphatic heterocycles. The van der Waals surface area contributed by atoms with E-state index >= 15 is 0 Å². The predicted molar refractivity (Wildman–Crippen MR) is 82.6 cm³/mol. The zero-order valence-electron chi connectivity index (χ0n) is 12.8. The summed E-state index contributed by atoms with van der Waals surface area (Å²) in [6.07, 6.45) is 4.50. The summed E-state index contributed by atoms with van der Waals surface area (Å²) < 4.78 is 5.58. The van der Waals surface area contributed by atoms with Gasteiger partial charge in [0.25, 0.3) is 0 Å². The van der Waals surface area contributed by atoms with Gasteiger partial charge in [0.05, 0.1) is 6.61 Å². The van der Waals surface area contributed by atoms with Crippen LogP contribution in [0.1, 0.15) is 39.2 Å². The Kier molecular flexibility index (Phi) is 7.91. The van der Waals surface area contributed by atoms with E-state index in [4.69, 9.17) is 10.6 Å². The molecule has 0 radical (unpaired) electrons. The van der Waals surface area contributed by atoms with Gasteiger partial charge >= 0.3 is 0 Å². The molecule has 0 unspecified atom stereocenters. The molecule has 0 fully saturated rings. The fraction of sp³-hybridized carbons (Fsp3) is 0.714. The SMILES string of the molecule is CCCc1c(NN)ncnc1NCCOCCC(C)C. The Bertz CT molecular complexity index is 384. The number of hydrogen-bond donors (Lipinski definition) is 3. The topological polar surface area (TPSA) is 85.1 Å². The Balaban J connectivity index is 2.42. The van der Waals surface area contributed by atoms with E-state index in [9.17, 15) is 0 Å². The van der Waals surface area contributed by atoms with Crippen molar-refractivity contribution in [3.63, 3.8) is 0 Å². The molecule has 0 aliphatic carbocycles. The van der Waals surface area contributed by atoms with Crippen LogP contribution in [0.15, 0.2) is 6.33 Å². The molecule has 1 aromatic heterocycles. The van der Waals surface area contributed by atoms with Gasteiger partial charge in [0, 0.05) is 18.7 Å². The van der Waals surface area contributed by atoms with Crippen LogP contribution in [0.4, 0.5) is 11.6 Å². The van der Waals surface area contributed by atoms with E-state index in [0.717, 1.165) is 43.8 Å². The van der Waals surface area contributed by atoms with E-state index in [1.54, 1.807) is 0 Å². The van der Waals surface area contributed by atoms with E-state index in [1.807, 2.05) is 0 Å². The van der Waals surface area contributed by atoms with Gasteiger partial charge in [0.15, 0.2) is 0 Å². The van der Waals surface area contributed by atoms with Crippen molar-refractivity contribution in [1.82, 2.24) is 9.97 Å². The van der Waals surface area contributed by atoms with Crippen molar-refractivity contribution in [3.05, 3.63) is 11.9 Å². The molecule has 1 heterocycles. The van der Waals surface area contributed by atoms with E-state index in [-0.39, 0.29) is 0 Å². The summed E-state index contributed by atoms with van der Waals surface area (Å²) in [4.78, 5) is 8.41. The normalized spacial score (nSPS) is 10.8. The van der Waals surface area contributed by atoms with Gasteiger partial charge in [0.2, 0.25) is 0 Å². The first-order valence-electron chi connectivity index (χ1n) is 7.31. The maximum atomic E-state index is 5.58. The van der Waals surface area contributed by atoms with Gasteiger partial charge in [-0.2, -0.15) is 0 Å². The second-order valence-corrected chi connectivity index (χ2v) is 5.17. The van der Waals surface area contributed by atoms with Crippen LogP contribution in [0.25, 0.3) is 0 Å². The molecular weight excluding hydrogens is 254 g/mol. The van der Waals surface area contributed by atoms with E-state index in [1.165, 1.54) is 6.33 Å². The Morgan fingerprint density at radius 3 is 2.65 bits per heavy atom. The highest BCUT2D eigenvalue weighted by Crippen LogP contribution is 2.20. The van der Waals surface area contributed by atoms with Gasteiger partial charge in [-0.3, -0.25) is 0 Å². The van der Waals surface area contributed by atoms with Crippen LogP contribution in [-0.4, -0.2) is 29.7 Å². The maximum Gasteiger partial charge on any atom is 0.148 e. The number of ether oxygens (including phenoxy) is 1.